The van der Waals surface area contributed by atoms with Gasteiger partial charge >= 0.3 is 0 Å². The molecular formula is C17H27NO3. The lowest BCUT2D eigenvalue weighted by atomic mass is 10.1. The third-order valence-electron chi connectivity index (χ3n) is 3.71. The van der Waals surface area contributed by atoms with Gasteiger partial charge in [-0.25, -0.2) is 0 Å². The lowest BCUT2D eigenvalue weighted by Crippen LogP contribution is -2.26. The zero-order valence-electron chi connectivity index (χ0n) is 13.2. The first kappa shape index (κ1) is 16.1. The highest BCUT2D eigenvalue weighted by atomic mass is 16.5. The first-order valence-electron chi connectivity index (χ1n) is 7.95. The van der Waals surface area contributed by atoms with Crippen LogP contribution in [0.25, 0.3) is 0 Å². The molecule has 0 aliphatic carbocycles. The fourth-order valence-electron chi connectivity index (χ4n) is 2.48. The normalized spacial score (nSPS) is 18.5. The van der Waals surface area contributed by atoms with Crippen molar-refractivity contribution in [1.29, 1.82) is 0 Å². The van der Waals surface area contributed by atoms with Crippen LogP contribution in [0.15, 0.2) is 18.2 Å². The number of hydrogen-bond acceptors (Lipinski definition) is 4. The summed E-state index contributed by atoms with van der Waals surface area (Å²) in [7, 11) is 1.69. The maximum Gasteiger partial charge on any atom is 0.124 e. The minimum Gasteiger partial charge on any atom is -0.497 e. The van der Waals surface area contributed by atoms with E-state index >= 15 is 0 Å². The Morgan fingerprint density at radius 3 is 2.95 bits per heavy atom. The van der Waals surface area contributed by atoms with Gasteiger partial charge in [0, 0.05) is 18.7 Å². The van der Waals surface area contributed by atoms with Crippen molar-refractivity contribution < 1.29 is 14.2 Å². The van der Waals surface area contributed by atoms with Crippen molar-refractivity contribution in [2.24, 2.45) is 0 Å². The summed E-state index contributed by atoms with van der Waals surface area (Å²) in [6.45, 7) is 5.46. The summed E-state index contributed by atoms with van der Waals surface area (Å²) in [4.78, 5) is 0. The first-order chi connectivity index (χ1) is 10.3. The average Bonchev–Trinajstić information content (AvgIpc) is 2.54. The zero-order chi connectivity index (χ0) is 14.9. The van der Waals surface area contributed by atoms with Crippen molar-refractivity contribution in [1.82, 2.24) is 5.32 Å². The molecule has 1 N–H and O–H groups in total. The molecule has 1 fully saturated rings. The van der Waals surface area contributed by atoms with Gasteiger partial charge in [0.25, 0.3) is 0 Å². The maximum atomic E-state index is 5.99. The molecule has 1 aliphatic rings. The van der Waals surface area contributed by atoms with Gasteiger partial charge in [0.05, 0.1) is 13.2 Å². The fraction of sp³-hybridized carbons (Fsp3) is 0.647. The van der Waals surface area contributed by atoms with E-state index in [2.05, 4.69) is 12.2 Å². The van der Waals surface area contributed by atoms with E-state index in [4.69, 9.17) is 14.2 Å². The third kappa shape index (κ3) is 5.21. The van der Waals surface area contributed by atoms with Gasteiger partial charge in [0.1, 0.15) is 18.1 Å². The van der Waals surface area contributed by atoms with Crippen molar-refractivity contribution in [2.75, 3.05) is 26.9 Å². The third-order valence-corrected chi connectivity index (χ3v) is 3.71. The molecule has 0 aromatic heterocycles. The molecule has 1 aromatic rings. The lowest BCUT2D eigenvalue weighted by molar-refractivity contribution is -0.0112. The van der Waals surface area contributed by atoms with E-state index in [0.717, 1.165) is 49.6 Å². The van der Waals surface area contributed by atoms with Crippen LogP contribution in [0.5, 0.6) is 11.5 Å². The quantitative estimate of drug-likeness (QED) is 0.747. The molecule has 2 rings (SSSR count). The van der Waals surface area contributed by atoms with E-state index in [1.807, 2.05) is 18.2 Å². The topological polar surface area (TPSA) is 39.7 Å². The summed E-state index contributed by atoms with van der Waals surface area (Å²) in [6, 6.07) is 5.98. The molecule has 1 unspecified atom stereocenters. The van der Waals surface area contributed by atoms with Gasteiger partial charge in [0.2, 0.25) is 0 Å². The largest absolute Gasteiger partial charge is 0.497 e. The molecule has 0 bridgehead atoms. The Balaban J connectivity index is 1.95. The highest BCUT2D eigenvalue weighted by Crippen LogP contribution is 2.25. The molecule has 0 saturated carbocycles. The molecule has 0 spiro atoms. The van der Waals surface area contributed by atoms with Gasteiger partial charge in [-0.1, -0.05) is 6.92 Å². The predicted molar refractivity (Wildman–Crippen MR) is 84.1 cm³/mol. The monoisotopic (exact) mass is 293 g/mol. The van der Waals surface area contributed by atoms with E-state index in [9.17, 15) is 0 Å². The molecule has 1 aromatic carbocycles. The van der Waals surface area contributed by atoms with Crippen LogP contribution < -0.4 is 14.8 Å². The Kier molecular flexibility index (Phi) is 6.83. The molecule has 4 heteroatoms. The number of ether oxygens (including phenoxy) is 3. The predicted octanol–water partition coefficient (Wildman–Crippen LogP) is 3.14. The second-order valence-electron chi connectivity index (χ2n) is 5.45. The minimum absolute atomic E-state index is 0.234. The van der Waals surface area contributed by atoms with Crippen molar-refractivity contribution in [3.8, 4) is 11.5 Å². The average molecular weight is 293 g/mol. The van der Waals surface area contributed by atoms with E-state index in [1.54, 1.807) is 7.11 Å². The Bertz CT molecular complexity index is 416. The van der Waals surface area contributed by atoms with Crippen molar-refractivity contribution in [3.63, 3.8) is 0 Å². The van der Waals surface area contributed by atoms with E-state index in [-0.39, 0.29) is 6.10 Å². The number of nitrogens with one attached hydrogen (secondary N) is 1. The van der Waals surface area contributed by atoms with Gasteiger partial charge in [-0.3, -0.25) is 0 Å². The van der Waals surface area contributed by atoms with Crippen LogP contribution in [0.1, 0.15) is 38.2 Å². The fourth-order valence-corrected chi connectivity index (χ4v) is 2.48. The Hall–Kier alpha value is -1.26. The van der Waals surface area contributed by atoms with Crippen LogP contribution >= 0.6 is 0 Å². The number of benzene rings is 1. The Labute approximate surface area is 127 Å². The lowest BCUT2D eigenvalue weighted by Gasteiger charge is -2.23. The summed E-state index contributed by atoms with van der Waals surface area (Å²) >= 11 is 0. The highest BCUT2D eigenvalue weighted by molar-refractivity contribution is 5.40. The molecule has 4 nitrogen and oxygen atoms in total. The van der Waals surface area contributed by atoms with Gasteiger partial charge in [-0.15, -0.1) is 0 Å². The molecule has 0 radical (unpaired) electrons. The van der Waals surface area contributed by atoms with Gasteiger partial charge in [-0.2, -0.15) is 0 Å². The van der Waals surface area contributed by atoms with Crippen LogP contribution in [-0.2, 0) is 11.3 Å². The standard InChI is InChI=1S/C17H27NO3/c1-3-9-18-12-14-11-15(19-2)7-8-17(14)21-13-16-6-4-5-10-20-16/h7-8,11,16,18H,3-6,9-10,12-13H2,1-2H3. The van der Waals surface area contributed by atoms with Crippen molar-refractivity contribution >= 4 is 0 Å². The van der Waals surface area contributed by atoms with Crippen LogP contribution in [-0.4, -0.2) is 33.0 Å². The molecule has 1 heterocycles. The minimum atomic E-state index is 0.234. The first-order valence-corrected chi connectivity index (χ1v) is 7.95. The smallest absolute Gasteiger partial charge is 0.124 e. The summed E-state index contributed by atoms with van der Waals surface area (Å²) < 4.78 is 17.0. The second-order valence-corrected chi connectivity index (χ2v) is 5.45. The van der Waals surface area contributed by atoms with Gasteiger partial charge in [-0.05, 0) is 50.4 Å². The van der Waals surface area contributed by atoms with Crippen LogP contribution in [0, 0.1) is 0 Å². The van der Waals surface area contributed by atoms with Crippen LogP contribution in [0.3, 0.4) is 0 Å². The number of methoxy groups -OCH3 is 1. The number of hydrogen-bond donors (Lipinski definition) is 1. The van der Waals surface area contributed by atoms with E-state index in [0.29, 0.717) is 6.61 Å². The summed E-state index contributed by atoms with van der Waals surface area (Å²) in [5.41, 5.74) is 1.14. The summed E-state index contributed by atoms with van der Waals surface area (Å²) in [6.07, 6.45) is 4.86. The summed E-state index contributed by atoms with van der Waals surface area (Å²) in [5, 5.41) is 3.41. The van der Waals surface area contributed by atoms with E-state index in [1.165, 1.54) is 12.8 Å². The molecule has 1 atom stereocenters. The Morgan fingerprint density at radius 2 is 2.24 bits per heavy atom. The van der Waals surface area contributed by atoms with Crippen molar-refractivity contribution in [2.45, 2.75) is 45.3 Å². The van der Waals surface area contributed by atoms with Crippen molar-refractivity contribution in [3.05, 3.63) is 23.8 Å². The highest BCUT2D eigenvalue weighted by Gasteiger charge is 2.15. The van der Waals surface area contributed by atoms with E-state index < -0.39 is 0 Å². The molecular weight excluding hydrogens is 266 g/mol. The molecule has 21 heavy (non-hydrogen) atoms. The molecule has 0 amide bonds. The van der Waals surface area contributed by atoms with Crippen LogP contribution in [0.4, 0.5) is 0 Å². The van der Waals surface area contributed by atoms with Crippen LogP contribution in [0.2, 0.25) is 0 Å². The number of rotatable bonds is 8. The maximum absolute atomic E-state index is 5.99. The summed E-state index contributed by atoms with van der Waals surface area (Å²) in [5.74, 6) is 1.79. The SMILES string of the molecule is CCCNCc1cc(OC)ccc1OCC1CCCCO1. The van der Waals surface area contributed by atoms with Gasteiger partial charge in [0.15, 0.2) is 0 Å². The molecule has 1 saturated heterocycles. The molecule has 1 aliphatic heterocycles. The second kappa shape index (κ2) is 8.90. The Morgan fingerprint density at radius 1 is 1.33 bits per heavy atom. The van der Waals surface area contributed by atoms with Gasteiger partial charge < -0.3 is 19.5 Å². The molecule has 118 valence electrons. The zero-order valence-corrected chi connectivity index (χ0v) is 13.2.